The minimum Gasteiger partial charge on any atom is -0.345 e. The molecular formula is C20H22N2O3. The Morgan fingerprint density at radius 3 is 2.64 bits per heavy atom. The van der Waals surface area contributed by atoms with Crippen molar-refractivity contribution in [2.24, 2.45) is 0 Å². The Balaban J connectivity index is 1.79. The first-order chi connectivity index (χ1) is 12.1. The normalized spacial score (nSPS) is 14.4. The molecule has 0 saturated carbocycles. The highest BCUT2D eigenvalue weighted by Gasteiger charge is 2.18. The molecule has 1 atom stereocenters. The zero-order valence-electron chi connectivity index (χ0n) is 14.3. The van der Waals surface area contributed by atoms with E-state index >= 15 is 0 Å². The standard InChI is InChI=1S/C20H22N2O3/c1-2-19(16-11-10-14-6-3-4-7-15(14)12-16)21-20(23)17-8-5-9-18(13-17)22(24)25/h5,8-13,19H,2-4,6-7H2,1H3,(H,21,23)/t19-/m0/s1. The minimum atomic E-state index is -0.489. The molecule has 0 saturated heterocycles. The van der Waals surface area contributed by atoms with Crippen LogP contribution in [0.5, 0.6) is 0 Å². The van der Waals surface area contributed by atoms with Crippen LogP contribution in [-0.4, -0.2) is 10.8 Å². The van der Waals surface area contributed by atoms with Crippen LogP contribution >= 0.6 is 0 Å². The van der Waals surface area contributed by atoms with Crippen molar-refractivity contribution in [3.8, 4) is 0 Å². The van der Waals surface area contributed by atoms with Gasteiger partial charge in [-0.25, -0.2) is 0 Å². The second-order valence-electron chi connectivity index (χ2n) is 6.48. The third kappa shape index (κ3) is 3.87. The van der Waals surface area contributed by atoms with Gasteiger partial charge in [0.05, 0.1) is 11.0 Å². The van der Waals surface area contributed by atoms with Gasteiger partial charge in [-0.1, -0.05) is 31.2 Å². The van der Waals surface area contributed by atoms with Gasteiger partial charge in [-0.05, 0) is 54.9 Å². The number of nitro groups is 1. The van der Waals surface area contributed by atoms with E-state index in [0.29, 0.717) is 5.56 Å². The summed E-state index contributed by atoms with van der Waals surface area (Å²) in [5.74, 6) is -0.284. The summed E-state index contributed by atoms with van der Waals surface area (Å²) in [5.41, 5.74) is 4.13. The summed E-state index contributed by atoms with van der Waals surface area (Å²) in [5, 5.41) is 13.9. The Labute approximate surface area is 147 Å². The third-order valence-electron chi connectivity index (χ3n) is 4.81. The number of nitro benzene ring substituents is 1. The van der Waals surface area contributed by atoms with Crippen LogP contribution in [-0.2, 0) is 12.8 Å². The predicted molar refractivity (Wildman–Crippen MR) is 96.7 cm³/mol. The second kappa shape index (κ2) is 7.47. The smallest absolute Gasteiger partial charge is 0.270 e. The van der Waals surface area contributed by atoms with Gasteiger partial charge in [-0.2, -0.15) is 0 Å². The minimum absolute atomic E-state index is 0.0746. The van der Waals surface area contributed by atoms with E-state index in [2.05, 4.69) is 23.5 Å². The molecule has 2 aromatic carbocycles. The van der Waals surface area contributed by atoms with Crippen molar-refractivity contribution in [1.29, 1.82) is 0 Å². The van der Waals surface area contributed by atoms with Crippen molar-refractivity contribution in [3.05, 3.63) is 74.8 Å². The van der Waals surface area contributed by atoms with Gasteiger partial charge in [0.25, 0.3) is 11.6 Å². The van der Waals surface area contributed by atoms with Crippen molar-refractivity contribution in [2.75, 3.05) is 0 Å². The molecule has 1 N–H and O–H groups in total. The lowest BCUT2D eigenvalue weighted by Gasteiger charge is -2.21. The molecule has 2 aromatic rings. The molecular weight excluding hydrogens is 316 g/mol. The molecule has 0 fully saturated rings. The van der Waals surface area contributed by atoms with Crippen LogP contribution in [0.1, 0.15) is 59.3 Å². The van der Waals surface area contributed by atoms with Gasteiger partial charge < -0.3 is 5.32 Å². The number of hydrogen-bond acceptors (Lipinski definition) is 3. The van der Waals surface area contributed by atoms with E-state index in [-0.39, 0.29) is 17.6 Å². The zero-order chi connectivity index (χ0) is 17.8. The lowest BCUT2D eigenvalue weighted by atomic mass is 9.88. The number of rotatable bonds is 5. The van der Waals surface area contributed by atoms with Crippen molar-refractivity contribution in [1.82, 2.24) is 5.32 Å². The quantitative estimate of drug-likeness (QED) is 0.650. The van der Waals surface area contributed by atoms with Crippen LogP contribution in [0.2, 0.25) is 0 Å². The number of hydrogen-bond donors (Lipinski definition) is 1. The number of benzene rings is 2. The van der Waals surface area contributed by atoms with E-state index in [4.69, 9.17) is 0 Å². The van der Waals surface area contributed by atoms with Crippen LogP contribution < -0.4 is 5.32 Å². The van der Waals surface area contributed by atoms with Crippen LogP contribution in [0.3, 0.4) is 0 Å². The molecule has 1 aliphatic carbocycles. The van der Waals surface area contributed by atoms with E-state index in [9.17, 15) is 14.9 Å². The Morgan fingerprint density at radius 2 is 1.92 bits per heavy atom. The van der Waals surface area contributed by atoms with Gasteiger partial charge in [0, 0.05) is 17.7 Å². The largest absolute Gasteiger partial charge is 0.345 e. The Bertz CT molecular complexity index is 801. The molecule has 0 radical (unpaired) electrons. The summed E-state index contributed by atoms with van der Waals surface area (Å²) < 4.78 is 0. The lowest BCUT2D eigenvalue weighted by Crippen LogP contribution is -2.28. The van der Waals surface area contributed by atoms with Crippen LogP contribution in [0.15, 0.2) is 42.5 Å². The van der Waals surface area contributed by atoms with E-state index < -0.39 is 4.92 Å². The van der Waals surface area contributed by atoms with E-state index in [0.717, 1.165) is 24.8 Å². The molecule has 130 valence electrons. The summed E-state index contributed by atoms with van der Waals surface area (Å²) in [7, 11) is 0. The number of aryl methyl sites for hydroxylation is 2. The maximum absolute atomic E-state index is 12.5. The van der Waals surface area contributed by atoms with Crippen molar-refractivity contribution < 1.29 is 9.72 Å². The van der Waals surface area contributed by atoms with Gasteiger partial charge in [0.2, 0.25) is 0 Å². The highest BCUT2D eigenvalue weighted by atomic mass is 16.6. The first kappa shape index (κ1) is 17.1. The maximum atomic E-state index is 12.5. The topological polar surface area (TPSA) is 72.2 Å². The van der Waals surface area contributed by atoms with Crippen molar-refractivity contribution in [3.63, 3.8) is 0 Å². The maximum Gasteiger partial charge on any atom is 0.270 e. The zero-order valence-corrected chi connectivity index (χ0v) is 14.3. The van der Waals surface area contributed by atoms with Gasteiger partial charge in [-0.3, -0.25) is 14.9 Å². The Kier molecular flexibility index (Phi) is 5.12. The van der Waals surface area contributed by atoms with Crippen LogP contribution in [0, 0.1) is 10.1 Å². The molecule has 0 spiro atoms. The Morgan fingerprint density at radius 1 is 1.16 bits per heavy atom. The molecule has 5 heteroatoms. The molecule has 5 nitrogen and oxygen atoms in total. The second-order valence-corrected chi connectivity index (χ2v) is 6.48. The van der Waals surface area contributed by atoms with Gasteiger partial charge in [-0.15, -0.1) is 0 Å². The first-order valence-corrected chi connectivity index (χ1v) is 8.75. The number of fused-ring (bicyclic) bond motifs is 1. The Hall–Kier alpha value is -2.69. The average Bonchev–Trinajstić information content (AvgIpc) is 2.65. The summed E-state index contributed by atoms with van der Waals surface area (Å²) in [4.78, 5) is 22.9. The summed E-state index contributed by atoms with van der Waals surface area (Å²) in [6, 6.07) is 12.2. The fourth-order valence-electron chi connectivity index (χ4n) is 3.39. The number of carbonyl (C=O) groups excluding carboxylic acids is 1. The van der Waals surface area contributed by atoms with E-state index in [1.807, 2.05) is 6.92 Å². The first-order valence-electron chi connectivity index (χ1n) is 8.75. The molecule has 0 heterocycles. The van der Waals surface area contributed by atoms with E-state index in [1.165, 1.54) is 42.2 Å². The van der Waals surface area contributed by atoms with Gasteiger partial charge >= 0.3 is 0 Å². The molecule has 1 amide bonds. The van der Waals surface area contributed by atoms with Gasteiger partial charge in [0.1, 0.15) is 0 Å². The fourth-order valence-corrected chi connectivity index (χ4v) is 3.39. The molecule has 3 rings (SSSR count). The number of nitrogens with one attached hydrogen (secondary N) is 1. The molecule has 1 aliphatic rings. The number of carbonyl (C=O) groups is 1. The summed E-state index contributed by atoms with van der Waals surface area (Å²) in [6.07, 6.45) is 5.45. The predicted octanol–water partition coefficient (Wildman–Crippen LogP) is 4.35. The number of non-ortho nitro benzene ring substituents is 1. The molecule has 0 unspecified atom stereocenters. The summed E-state index contributed by atoms with van der Waals surface area (Å²) >= 11 is 0. The van der Waals surface area contributed by atoms with Crippen LogP contribution in [0.25, 0.3) is 0 Å². The van der Waals surface area contributed by atoms with Gasteiger partial charge in [0.15, 0.2) is 0 Å². The monoisotopic (exact) mass is 338 g/mol. The average molecular weight is 338 g/mol. The highest BCUT2D eigenvalue weighted by Crippen LogP contribution is 2.26. The van der Waals surface area contributed by atoms with Crippen molar-refractivity contribution >= 4 is 11.6 Å². The highest BCUT2D eigenvalue weighted by molar-refractivity contribution is 5.95. The number of amides is 1. The number of nitrogens with zero attached hydrogens (tertiary/aromatic N) is 1. The lowest BCUT2D eigenvalue weighted by molar-refractivity contribution is -0.384. The van der Waals surface area contributed by atoms with E-state index in [1.54, 1.807) is 6.07 Å². The van der Waals surface area contributed by atoms with Crippen LogP contribution in [0.4, 0.5) is 5.69 Å². The third-order valence-corrected chi connectivity index (χ3v) is 4.81. The molecule has 0 aliphatic heterocycles. The molecule has 0 bridgehead atoms. The molecule has 25 heavy (non-hydrogen) atoms. The molecule has 0 aromatic heterocycles. The fraction of sp³-hybridized carbons (Fsp3) is 0.350. The SMILES string of the molecule is CC[C@H](NC(=O)c1cccc([N+](=O)[O-])c1)c1ccc2c(c1)CCCC2. The summed E-state index contributed by atoms with van der Waals surface area (Å²) in [6.45, 7) is 2.03. The van der Waals surface area contributed by atoms with Crippen molar-refractivity contribution in [2.45, 2.75) is 45.1 Å².